The van der Waals surface area contributed by atoms with Crippen molar-refractivity contribution >= 4 is 21.9 Å². The Morgan fingerprint density at radius 3 is 2.79 bits per heavy atom. The minimum Gasteiger partial charge on any atom is -0.491 e. The predicted octanol–water partition coefficient (Wildman–Crippen LogP) is 3.86. The zero-order valence-corrected chi connectivity index (χ0v) is 12.5. The first-order chi connectivity index (χ1) is 8.87. The number of nitrogens with zero attached hydrogens (tertiary/aromatic N) is 1. The van der Waals surface area contributed by atoms with Crippen molar-refractivity contribution in [2.24, 2.45) is 5.41 Å². The lowest BCUT2D eigenvalue weighted by Gasteiger charge is -2.15. The second-order valence-corrected chi connectivity index (χ2v) is 5.72. The van der Waals surface area contributed by atoms with Gasteiger partial charge in [-0.1, -0.05) is 6.07 Å². The van der Waals surface area contributed by atoms with E-state index >= 15 is 0 Å². The fourth-order valence-corrected chi connectivity index (χ4v) is 2.05. The van der Waals surface area contributed by atoms with E-state index in [-0.39, 0.29) is 11.0 Å². The molecule has 0 aromatic heterocycles. The van der Waals surface area contributed by atoms with Gasteiger partial charge in [0, 0.05) is 0 Å². The highest BCUT2D eigenvalue weighted by atomic mass is 79.9. The van der Waals surface area contributed by atoms with Crippen molar-refractivity contribution in [1.29, 1.82) is 5.26 Å². The minimum absolute atomic E-state index is 0.133. The maximum absolute atomic E-state index is 11.1. The number of hydrogen-bond donors (Lipinski definition) is 1. The van der Waals surface area contributed by atoms with Gasteiger partial charge >= 0.3 is 5.97 Å². The Labute approximate surface area is 121 Å². The molecular formula is C14H16BrNO3. The van der Waals surface area contributed by atoms with Crippen molar-refractivity contribution in [3.8, 4) is 11.8 Å². The highest BCUT2D eigenvalue weighted by Gasteiger charge is 2.17. The molecule has 0 radical (unpaired) electrons. The van der Waals surface area contributed by atoms with Crippen LogP contribution in [-0.4, -0.2) is 17.7 Å². The first-order valence-corrected chi connectivity index (χ1v) is 6.72. The molecule has 0 saturated carbocycles. The molecule has 0 bridgehead atoms. The van der Waals surface area contributed by atoms with Crippen LogP contribution in [-0.2, 0) is 0 Å². The summed E-state index contributed by atoms with van der Waals surface area (Å²) >= 11 is 3.28. The average Bonchev–Trinajstić information content (AvgIpc) is 2.35. The lowest BCUT2D eigenvalue weighted by Crippen LogP contribution is -2.11. The number of rotatable bonds is 6. The van der Waals surface area contributed by atoms with Crippen molar-refractivity contribution in [1.82, 2.24) is 0 Å². The summed E-state index contributed by atoms with van der Waals surface area (Å²) in [6.45, 7) is 4.12. The normalized spacial score (nSPS) is 10.8. The molecule has 0 fully saturated rings. The van der Waals surface area contributed by atoms with Crippen LogP contribution in [0.25, 0.3) is 0 Å². The Balaban J connectivity index is 2.64. The fourth-order valence-electron chi connectivity index (χ4n) is 1.57. The molecule has 0 spiro atoms. The summed E-state index contributed by atoms with van der Waals surface area (Å²) in [5.41, 5.74) is -0.249. The molecule has 0 aliphatic rings. The number of carboxylic acid groups (broad SMARTS) is 1. The molecule has 102 valence electrons. The lowest BCUT2D eigenvalue weighted by atomic mass is 9.90. The quantitative estimate of drug-likeness (QED) is 0.806. The molecule has 1 rings (SSSR count). The monoisotopic (exact) mass is 325 g/mol. The van der Waals surface area contributed by atoms with Crippen molar-refractivity contribution in [2.75, 3.05) is 6.61 Å². The molecule has 19 heavy (non-hydrogen) atoms. The summed E-state index contributed by atoms with van der Waals surface area (Å²) in [6, 6.07) is 7.11. The van der Waals surface area contributed by atoms with Crippen LogP contribution in [0.1, 0.15) is 37.0 Å². The average molecular weight is 326 g/mol. The topological polar surface area (TPSA) is 70.3 Å². The molecule has 1 N–H and O–H groups in total. The third-order valence-corrected chi connectivity index (χ3v) is 3.32. The van der Waals surface area contributed by atoms with Crippen LogP contribution in [0, 0.1) is 16.7 Å². The SMILES string of the molecule is CC(C)(C#N)CCCOc1c(Br)cccc1C(=O)O. The molecule has 0 aliphatic carbocycles. The summed E-state index contributed by atoms with van der Waals surface area (Å²) in [5, 5.41) is 18.0. The molecule has 5 heteroatoms. The first kappa shape index (κ1) is 15.5. The van der Waals surface area contributed by atoms with Crippen molar-refractivity contribution in [3.63, 3.8) is 0 Å². The molecule has 0 aliphatic heterocycles. The second kappa shape index (κ2) is 6.58. The smallest absolute Gasteiger partial charge is 0.339 e. The zero-order chi connectivity index (χ0) is 14.5. The second-order valence-electron chi connectivity index (χ2n) is 4.87. The number of carboxylic acids is 1. The molecule has 4 nitrogen and oxygen atoms in total. The first-order valence-electron chi connectivity index (χ1n) is 5.93. The van der Waals surface area contributed by atoms with Gasteiger partial charge in [-0.15, -0.1) is 0 Å². The number of aromatic carboxylic acids is 1. The van der Waals surface area contributed by atoms with E-state index in [1.807, 2.05) is 13.8 Å². The van der Waals surface area contributed by atoms with Crippen LogP contribution >= 0.6 is 15.9 Å². The summed E-state index contributed by atoms with van der Waals surface area (Å²) in [5.74, 6) is -0.682. The van der Waals surface area contributed by atoms with Crippen LogP contribution in [0.4, 0.5) is 0 Å². The summed E-state index contributed by atoms with van der Waals surface area (Å²) in [4.78, 5) is 11.1. The Kier molecular flexibility index (Phi) is 5.37. The van der Waals surface area contributed by atoms with Gasteiger partial charge in [0.15, 0.2) is 0 Å². The number of hydrogen-bond acceptors (Lipinski definition) is 3. The van der Waals surface area contributed by atoms with E-state index in [0.717, 1.165) is 0 Å². The van der Waals surface area contributed by atoms with Gasteiger partial charge in [0.05, 0.1) is 22.6 Å². The van der Waals surface area contributed by atoms with Gasteiger partial charge in [-0.25, -0.2) is 4.79 Å². The van der Waals surface area contributed by atoms with Crippen LogP contribution in [0.3, 0.4) is 0 Å². The minimum atomic E-state index is -1.02. The summed E-state index contributed by atoms with van der Waals surface area (Å²) in [6.07, 6.45) is 1.40. The Bertz CT molecular complexity index is 506. The van der Waals surface area contributed by atoms with E-state index in [1.165, 1.54) is 6.07 Å². The molecule has 1 aromatic rings. The Morgan fingerprint density at radius 1 is 1.53 bits per heavy atom. The molecular weight excluding hydrogens is 310 g/mol. The van der Waals surface area contributed by atoms with Gasteiger partial charge < -0.3 is 9.84 Å². The standard InChI is InChI=1S/C14H16BrNO3/c1-14(2,9-16)7-4-8-19-12-10(13(17)18)5-3-6-11(12)15/h3,5-6H,4,7-8H2,1-2H3,(H,17,18). The van der Waals surface area contributed by atoms with Gasteiger partial charge in [0.2, 0.25) is 0 Å². The van der Waals surface area contributed by atoms with Gasteiger partial charge in [0.1, 0.15) is 11.3 Å². The van der Waals surface area contributed by atoms with Gasteiger partial charge in [-0.3, -0.25) is 0 Å². The summed E-state index contributed by atoms with van der Waals surface area (Å²) < 4.78 is 6.15. The van der Waals surface area contributed by atoms with Gasteiger partial charge in [0.25, 0.3) is 0 Å². The zero-order valence-electron chi connectivity index (χ0n) is 10.9. The van der Waals surface area contributed by atoms with Gasteiger partial charge in [-0.2, -0.15) is 5.26 Å². The van der Waals surface area contributed by atoms with Crippen LogP contribution in [0.2, 0.25) is 0 Å². The molecule has 0 unspecified atom stereocenters. The van der Waals surface area contributed by atoms with E-state index in [4.69, 9.17) is 15.1 Å². The molecule has 0 saturated heterocycles. The predicted molar refractivity (Wildman–Crippen MR) is 75.2 cm³/mol. The Morgan fingerprint density at radius 2 is 2.21 bits per heavy atom. The highest BCUT2D eigenvalue weighted by Crippen LogP contribution is 2.29. The van der Waals surface area contributed by atoms with Crippen molar-refractivity contribution in [2.45, 2.75) is 26.7 Å². The van der Waals surface area contributed by atoms with E-state index in [1.54, 1.807) is 12.1 Å². The van der Waals surface area contributed by atoms with E-state index in [2.05, 4.69) is 22.0 Å². The van der Waals surface area contributed by atoms with E-state index in [0.29, 0.717) is 29.7 Å². The largest absolute Gasteiger partial charge is 0.491 e. The number of carbonyl (C=O) groups is 1. The molecule has 0 amide bonds. The molecule has 1 aromatic carbocycles. The third-order valence-electron chi connectivity index (χ3n) is 2.69. The Hall–Kier alpha value is -1.54. The van der Waals surface area contributed by atoms with Crippen molar-refractivity contribution < 1.29 is 14.6 Å². The fraction of sp³-hybridized carbons (Fsp3) is 0.429. The lowest BCUT2D eigenvalue weighted by molar-refractivity contribution is 0.0692. The van der Waals surface area contributed by atoms with Gasteiger partial charge in [-0.05, 0) is 54.8 Å². The number of para-hydroxylation sites is 1. The molecule has 0 heterocycles. The maximum Gasteiger partial charge on any atom is 0.339 e. The van der Waals surface area contributed by atoms with E-state index < -0.39 is 5.97 Å². The number of benzene rings is 1. The van der Waals surface area contributed by atoms with Crippen molar-refractivity contribution in [3.05, 3.63) is 28.2 Å². The van der Waals surface area contributed by atoms with Crippen LogP contribution in [0.15, 0.2) is 22.7 Å². The number of ether oxygens (including phenoxy) is 1. The molecule has 0 atom stereocenters. The number of nitriles is 1. The van der Waals surface area contributed by atoms with Crippen LogP contribution in [0.5, 0.6) is 5.75 Å². The highest BCUT2D eigenvalue weighted by molar-refractivity contribution is 9.10. The van der Waals surface area contributed by atoms with E-state index in [9.17, 15) is 4.79 Å². The summed E-state index contributed by atoms with van der Waals surface area (Å²) in [7, 11) is 0. The van der Waals surface area contributed by atoms with Crippen LogP contribution < -0.4 is 4.74 Å². The number of halogens is 1. The third kappa shape index (κ3) is 4.56. The maximum atomic E-state index is 11.1.